The van der Waals surface area contributed by atoms with Gasteiger partial charge in [0.25, 0.3) is 13.9 Å². The normalized spacial score (nSPS) is 15.5. The topological polar surface area (TPSA) is 132 Å². The summed E-state index contributed by atoms with van der Waals surface area (Å²) in [6, 6.07) is 23.6. The monoisotopic (exact) mass is 796 g/mol. The Kier molecular flexibility index (Phi) is 11.2. The van der Waals surface area contributed by atoms with Crippen molar-refractivity contribution >= 4 is 46.2 Å². The maximum atomic E-state index is 15.1. The third-order valence-corrected chi connectivity index (χ3v) is 16.7. The summed E-state index contributed by atoms with van der Waals surface area (Å²) in [6.07, 6.45) is 3.01. The van der Waals surface area contributed by atoms with Gasteiger partial charge < -0.3 is 19.2 Å². The first-order chi connectivity index (χ1) is 27.0. The highest BCUT2D eigenvalue weighted by atomic mass is 32.1. The third-order valence-electron chi connectivity index (χ3n) is 10.4. The van der Waals surface area contributed by atoms with E-state index in [9.17, 15) is 14.4 Å². The summed E-state index contributed by atoms with van der Waals surface area (Å²) in [4.78, 5) is 43.9. The SMILES string of the molecule is COc1ccc(F)cc1[C@H](Cn1c(=O)n([C@H]2CCCNC2=O)c(=O)c2c(C)c(-n3nccn3)sc21)OCCO[Si](c1ccccc1)(c1ccccc1)C(C)(C)C. The number of benzene rings is 3. The van der Waals surface area contributed by atoms with Crippen LogP contribution < -0.4 is 31.7 Å². The van der Waals surface area contributed by atoms with E-state index in [1.54, 1.807) is 6.92 Å². The summed E-state index contributed by atoms with van der Waals surface area (Å²) in [5.74, 6) is -0.557. The summed E-state index contributed by atoms with van der Waals surface area (Å²) in [5, 5.41) is 14.1. The number of halogens is 1. The first-order valence-electron chi connectivity index (χ1n) is 18.6. The summed E-state index contributed by atoms with van der Waals surface area (Å²) in [7, 11) is -1.44. The molecule has 4 heterocycles. The zero-order valence-electron chi connectivity index (χ0n) is 32.0. The molecule has 292 valence electrons. The number of ether oxygens (including phenoxy) is 2. The van der Waals surface area contributed by atoms with Crippen LogP contribution in [-0.2, 0) is 20.5 Å². The average molecular weight is 797 g/mol. The lowest BCUT2D eigenvalue weighted by molar-refractivity contribution is -0.126. The molecule has 0 bridgehead atoms. The lowest BCUT2D eigenvalue weighted by atomic mass is 10.1. The fraction of sp³-hybridized carbons (Fsp3) is 0.341. The van der Waals surface area contributed by atoms with E-state index in [1.807, 2.05) is 36.4 Å². The van der Waals surface area contributed by atoms with E-state index < -0.39 is 43.4 Å². The smallest absolute Gasteiger partial charge is 0.332 e. The van der Waals surface area contributed by atoms with Crippen LogP contribution in [0.3, 0.4) is 0 Å². The van der Waals surface area contributed by atoms with Gasteiger partial charge in [-0.3, -0.25) is 14.2 Å². The molecule has 1 N–H and O–H groups in total. The number of carbonyl (C=O) groups excluding carboxylic acids is 1. The van der Waals surface area contributed by atoms with Crippen LogP contribution in [-0.4, -0.2) is 65.2 Å². The summed E-state index contributed by atoms with van der Waals surface area (Å²) < 4.78 is 37.0. The first kappa shape index (κ1) is 39.0. The van der Waals surface area contributed by atoms with E-state index in [2.05, 4.69) is 60.6 Å². The number of piperidine rings is 1. The molecule has 56 heavy (non-hydrogen) atoms. The first-order valence-corrected chi connectivity index (χ1v) is 21.3. The number of hydrogen-bond acceptors (Lipinski definition) is 9. The fourth-order valence-corrected chi connectivity index (χ4v) is 13.6. The number of aromatic nitrogens is 5. The maximum Gasteiger partial charge on any atom is 0.332 e. The third kappa shape index (κ3) is 7.15. The van der Waals surface area contributed by atoms with Crippen molar-refractivity contribution in [2.45, 2.75) is 64.3 Å². The molecule has 0 saturated carbocycles. The Balaban J connectivity index is 1.32. The van der Waals surface area contributed by atoms with Crippen molar-refractivity contribution in [3.63, 3.8) is 0 Å². The van der Waals surface area contributed by atoms with Crippen molar-refractivity contribution in [2.24, 2.45) is 0 Å². The number of hydrogen-bond donors (Lipinski definition) is 1. The van der Waals surface area contributed by atoms with Crippen molar-refractivity contribution in [2.75, 3.05) is 26.9 Å². The molecule has 1 saturated heterocycles. The van der Waals surface area contributed by atoms with Gasteiger partial charge in [-0.15, -0.1) is 4.80 Å². The Morgan fingerprint density at radius 1 is 0.964 bits per heavy atom. The second kappa shape index (κ2) is 16.1. The number of carbonyl (C=O) groups is 1. The van der Waals surface area contributed by atoms with Gasteiger partial charge in [-0.1, -0.05) is 92.8 Å². The van der Waals surface area contributed by atoms with Gasteiger partial charge in [-0.05, 0) is 53.4 Å². The maximum absolute atomic E-state index is 15.1. The van der Waals surface area contributed by atoms with E-state index >= 15 is 4.39 Å². The van der Waals surface area contributed by atoms with Crippen LogP contribution in [0.5, 0.6) is 5.75 Å². The second-order valence-electron chi connectivity index (χ2n) is 14.8. The molecule has 1 aliphatic heterocycles. The van der Waals surface area contributed by atoms with Crippen molar-refractivity contribution in [1.29, 1.82) is 0 Å². The zero-order valence-corrected chi connectivity index (χ0v) is 33.8. The highest BCUT2D eigenvalue weighted by molar-refractivity contribution is 7.21. The average Bonchev–Trinajstić information content (AvgIpc) is 3.85. The van der Waals surface area contributed by atoms with Gasteiger partial charge in [0.2, 0.25) is 5.91 Å². The van der Waals surface area contributed by atoms with E-state index in [0.29, 0.717) is 46.1 Å². The quantitative estimate of drug-likeness (QED) is 0.127. The van der Waals surface area contributed by atoms with E-state index in [-0.39, 0.29) is 30.2 Å². The van der Waals surface area contributed by atoms with E-state index in [4.69, 9.17) is 13.9 Å². The highest BCUT2D eigenvalue weighted by Crippen LogP contribution is 2.38. The van der Waals surface area contributed by atoms with Crippen molar-refractivity contribution in [3.8, 4) is 10.8 Å². The molecule has 1 amide bonds. The fourth-order valence-electron chi connectivity index (χ4n) is 7.81. The van der Waals surface area contributed by atoms with Crippen molar-refractivity contribution in [3.05, 3.63) is 129 Å². The predicted octanol–water partition coefficient (Wildman–Crippen LogP) is 5.05. The molecular formula is C41H45FN6O6SSi. The molecule has 3 aromatic heterocycles. The summed E-state index contributed by atoms with van der Waals surface area (Å²) in [5.41, 5.74) is -0.328. The molecule has 0 aliphatic carbocycles. The van der Waals surface area contributed by atoms with Gasteiger partial charge in [-0.2, -0.15) is 10.2 Å². The summed E-state index contributed by atoms with van der Waals surface area (Å²) in [6.45, 7) is 8.91. The zero-order chi connectivity index (χ0) is 39.6. The summed E-state index contributed by atoms with van der Waals surface area (Å²) >= 11 is 1.18. The Labute approximate surface area is 328 Å². The number of amides is 1. The van der Waals surface area contributed by atoms with Gasteiger partial charge in [0.05, 0.1) is 44.6 Å². The largest absolute Gasteiger partial charge is 0.496 e. The number of rotatable bonds is 13. The molecule has 0 radical (unpaired) electrons. The number of fused-ring (bicyclic) bond motifs is 1. The van der Waals surface area contributed by atoms with Crippen LogP contribution in [0.1, 0.15) is 56.9 Å². The molecule has 12 nitrogen and oxygen atoms in total. The van der Waals surface area contributed by atoms with Crippen LogP contribution in [0.2, 0.25) is 5.04 Å². The highest BCUT2D eigenvalue weighted by Gasteiger charge is 2.50. The number of thiophene rings is 1. The standard InChI is InChI=1S/C41H45FN6O6SSi/c1-27-35-37(50)47(32-17-12-20-43-36(32)49)40(51)46(39(35)55-38(27)48-44-21-22-45-48)26-34(31-25-28(42)18-19-33(31)52-5)53-23-24-54-56(41(2,3)4,29-13-8-6-9-14-29)30-15-10-7-11-16-30/h6-11,13-16,18-19,21-22,25,32,34H,12,17,20,23-24,26H2,1-5H3,(H,43,49)/t32-,34-/m0/s1. The molecule has 1 fully saturated rings. The van der Waals surface area contributed by atoms with Crippen LogP contribution in [0, 0.1) is 12.7 Å². The molecule has 2 atom stereocenters. The Morgan fingerprint density at radius 2 is 1.62 bits per heavy atom. The van der Waals surface area contributed by atoms with Crippen molar-refractivity contribution in [1.82, 2.24) is 29.4 Å². The molecule has 0 unspecified atom stereocenters. The molecular weight excluding hydrogens is 752 g/mol. The molecule has 6 aromatic rings. The van der Waals surface area contributed by atoms with Crippen LogP contribution >= 0.6 is 11.3 Å². The lowest BCUT2D eigenvalue weighted by Gasteiger charge is -2.43. The Bertz CT molecular complexity index is 2410. The van der Waals surface area contributed by atoms with Gasteiger partial charge >= 0.3 is 5.69 Å². The van der Waals surface area contributed by atoms with Crippen LogP contribution in [0.15, 0.2) is 101 Å². The molecule has 7 rings (SSSR count). The van der Waals surface area contributed by atoms with Gasteiger partial charge in [0, 0.05) is 17.7 Å². The number of methoxy groups -OCH3 is 1. The number of nitrogens with zero attached hydrogens (tertiary/aromatic N) is 5. The van der Waals surface area contributed by atoms with Crippen LogP contribution in [0.25, 0.3) is 15.2 Å². The molecule has 3 aromatic carbocycles. The predicted molar refractivity (Wildman–Crippen MR) is 216 cm³/mol. The minimum atomic E-state index is -2.92. The van der Waals surface area contributed by atoms with Crippen molar-refractivity contribution < 1.29 is 23.1 Å². The number of nitrogens with one attached hydrogen (secondary N) is 1. The van der Waals surface area contributed by atoms with Gasteiger partial charge in [0.15, 0.2) is 0 Å². The van der Waals surface area contributed by atoms with E-state index in [0.717, 1.165) is 14.9 Å². The molecule has 1 aliphatic rings. The molecule has 15 heteroatoms. The number of aryl methyl sites for hydroxylation is 1. The minimum Gasteiger partial charge on any atom is -0.496 e. The second-order valence-corrected chi connectivity index (χ2v) is 20.1. The van der Waals surface area contributed by atoms with Gasteiger partial charge in [-0.25, -0.2) is 13.8 Å². The Hall–Kier alpha value is -5.22. The minimum absolute atomic E-state index is 0.0727. The van der Waals surface area contributed by atoms with Gasteiger partial charge in [0.1, 0.15) is 33.5 Å². The van der Waals surface area contributed by atoms with Crippen LogP contribution in [0.4, 0.5) is 4.39 Å². The molecule has 0 spiro atoms. The lowest BCUT2D eigenvalue weighted by Crippen LogP contribution is -2.66. The van der Waals surface area contributed by atoms with E-state index in [1.165, 1.54) is 58.4 Å². The Morgan fingerprint density at radius 3 is 2.23 bits per heavy atom.